The Hall–Kier alpha value is -6.76. The summed E-state index contributed by atoms with van der Waals surface area (Å²) < 4.78 is 0. The first kappa shape index (κ1) is 28.9. The zero-order chi connectivity index (χ0) is 34.7. The number of fused-ring (bicyclic) bond motifs is 16. The van der Waals surface area contributed by atoms with Crippen LogP contribution in [0.4, 0.5) is 0 Å². The maximum Gasteiger partial charge on any atom is 0.0725 e. The summed E-state index contributed by atoms with van der Waals surface area (Å²) >= 11 is 0. The van der Waals surface area contributed by atoms with E-state index in [0.717, 1.165) is 0 Å². The molecule has 2 aliphatic carbocycles. The van der Waals surface area contributed by atoms with Crippen molar-refractivity contribution in [2.75, 3.05) is 0 Å². The highest BCUT2D eigenvalue weighted by molar-refractivity contribution is 6.26. The van der Waals surface area contributed by atoms with E-state index >= 15 is 0 Å². The molecule has 0 amide bonds. The van der Waals surface area contributed by atoms with Crippen LogP contribution in [0.2, 0.25) is 0 Å². The Morgan fingerprint density at radius 3 is 1.34 bits per heavy atom. The van der Waals surface area contributed by atoms with E-state index in [4.69, 9.17) is 0 Å². The van der Waals surface area contributed by atoms with Gasteiger partial charge >= 0.3 is 0 Å². The molecule has 0 aliphatic heterocycles. The summed E-state index contributed by atoms with van der Waals surface area (Å²) in [6.45, 7) is 0. The number of rotatable bonds is 2. The quantitative estimate of drug-likeness (QED) is 0.161. The third-order valence-electron chi connectivity index (χ3n) is 12.2. The van der Waals surface area contributed by atoms with Crippen LogP contribution in [0, 0.1) is 0 Å². The van der Waals surface area contributed by atoms with Crippen molar-refractivity contribution in [1.29, 1.82) is 0 Å². The summed E-state index contributed by atoms with van der Waals surface area (Å²) in [5.74, 6) is 0. The summed E-state index contributed by atoms with van der Waals surface area (Å²) in [6.07, 6.45) is 0. The molecule has 10 aromatic rings. The van der Waals surface area contributed by atoms with Crippen LogP contribution in [0.3, 0.4) is 0 Å². The molecule has 0 atom stereocenters. The zero-order valence-electron chi connectivity index (χ0n) is 29.0. The van der Waals surface area contributed by atoms with Crippen LogP contribution in [0.25, 0.3) is 87.6 Å². The molecule has 0 heteroatoms. The number of benzene rings is 10. The summed E-state index contributed by atoms with van der Waals surface area (Å²) in [7, 11) is 0. The summed E-state index contributed by atoms with van der Waals surface area (Å²) in [5, 5.41) is 10.2. The lowest BCUT2D eigenvalue weighted by Crippen LogP contribution is -2.25. The van der Waals surface area contributed by atoms with E-state index < -0.39 is 0 Å². The molecule has 10 aromatic carbocycles. The van der Waals surface area contributed by atoms with Gasteiger partial charge < -0.3 is 0 Å². The maximum absolute atomic E-state index is 2.52. The van der Waals surface area contributed by atoms with Crippen LogP contribution in [0.5, 0.6) is 0 Å². The van der Waals surface area contributed by atoms with Crippen molar-refractivity contribution in [3.8, 4) is 44.5 Å². The topological polar surface area (TPSA) is 0 Å². The molecule has 1 spiro atoms. The summed E-state index contributed by atoms with van der Waals surface area (Å²) in [6, 6.07) is 72.8. The molecule has 0 heterocycles. The molecule has 0 bridgehead atoms. The van der Waals surface area contributed by atoms with Crippen molar-refractivity contribution < 1.29 is 0 Å². The summed E-state index contributed by atoms with van der Waals surface area (Å²) in [5.41, 5.74) is 15.5. The van der Waals surface area contributed by atoms with E-state index in [1.807, 2.05) is 0 Å². The van der Waals surface area contributed by atoms with E-state index in [9.17, 15) is 0 Å². The molecular formula is C53H32. The van der Waals surface area contributed by atoms with Gasteiger partial charge in [-0.3, -0.25) is 0 Å². The Morgan fingerprint density at radius 2 is 0.698 bits per heavy atom. The second kappa shape index (κ2) is 10.6. The SMILES string of the molecule is c1ccc2c(c1)-c1ccccc1C21c2ccccc2-c2ccc(-c3cc4cc(-c5cccc6ccccc56)c5ccccc5c4c4ccccc34)cc21. The van der Waals surface area contributed by atoms with E-state index in [1.54, 1.807) is 0 Å². The second-order valence-corrected chi connectivity index (χ2v) is 14.7. The maximum atomic E-state index is 2.52. The first-order valence-corrected chi connectivity index (χ1v) is 18.6. The Bertz CT molecular complexity index is 3110. The van der Waals surface area contributed by atoms with Crippen LogP contribution in [0.15, 0.2) is 194 Å². The van der Waals surface area contributed by atoms with E-state index in [2.05, 4.69) is 194 Å². The van der Waals surface area contributed by atoms with Gasteiger partial charge in [0.05, 0.1) is 5.41 Å². The molecule has 0 radical (unpaired) electrons. The molecular weight excluding hydrogens is 637 g/mol. The minimum atomic E-state index is -0.375. The third-order valence-corrected chi connectivity index (χ3v) is 12.2. The molecule has 0 aromatic heterocycles. The Balaban J connectivity index is 1.17. The Kier molecular flexibility index (Phi) is 5.80. The standard InChI is InChI=1S/C53H32/c1-2-16-36-33(14-1)15-13-24-37(36)47-31-35-30-46(38-17-3-5-22-44(38)52(35)45-23-6-4-18-39(45)47)34-28-29-43-42-21-9-12-27-50(42)53(51(43)32-34)48-25-10-7-19-40(48)41-20-8-11-26-49(41)53/h1-32H. The van der Waals surface area contributed by atoms with Gasteiger partial charge in [-0.2, -0.15) is 0 Å². The molecule has 0 unspecified atom stereocenters. The van der Waals surface area contributed by atoms with Gasteiger partial charge in [0.1, 0.15) is 0 Å². The number of hydrogen-bond donors (Lipinski definition) is 0. The Morgan fingerprint density at radius 1 is 0.245 bits per heavy atom. The van der Waals surface area contributed by atoms with Gasteiger partial charge in [0.15, 0.2) is 0 Å². The molecule has 0 N–H and O–H groups in total. The highest BCUT2D eigenvalue weighted by atomic mass is 14.5. The third kappa shape index (κ3) is 3.75. The summed E-state index contributed by atoms with van der Waals surface area (Å²) in [4.78, 5) is 0. The molecule has 12 rings (SSSR count). The molecule has 53 heavy (non-hydrogen) atoms. The van der Waals surface area contributed by atoms with Gasteiger partial charge in [-0.15, -0.1) is 0 Å². The van der Waals surface area contributed by atoms with Crippen molar-refractivity contribution in [3.05, 3.63) is 216 Å². The molecule has 0 saturated carbocycles. The Labute approximate surface area is 308 Å². The van der Waals surface area contributed by atoms with Gasteiger partial charge in [-0.1, -0.05) is 176 Å². The normalized spacial score (nSPS) is 13.4. The van der Waals surface area contributed by atoms with Crippen LogP contribution >= 0.6 is 0 Å². The monoisotopic (exact) mass is 668 g/mol. The molecule has 0 fully saturated rings. The average Bonchev–Trinajstić information content (AvgIpc) is 3.70. The van der Waals surface area contributed by atoms with Crippen molar-refractivity contribution in [1.82, 2.24) is 0 Å². The van der Waals surface area contributed by atoms with Gasteiger partial charge in [-0.05, 0) is 128 Å². The minimum absolute atomic E-state index is 0.375. The van der Waals surface area contributed by atoms with Gasteiger partial charge in [0, 0.05) is 0 Å². The predicted octanol–water partition coefficient (Wildman–Crippen LogP) is 14.0. The van der Waals surface area contributed by atoms with Crippen molar-refractivity contribution in [2.24, 2.45) is 0 Å². The van der Waals surface area contributed by atoms with Crippen LogP contribution in [-0.4, -0.2) is 0 Å². The molecule has 0 saturated heterocycles. The zero-order valence-corrected chi connectivity index (χ0v) is 29.0. The lowest BCUT2D eigenvalue weighted by atomic mass is 9.70. The van der Waals surface area contributed by atoms with Crippen LogP contribution in [0.1, 0.15) is 22.3 Å². The van der Waals surface area contributed by atoms with Gasteiger partial charge in [0.2, 0.25) is 0 Å². The van der Waals surface area contributed by atoms with E-state index in [1.165, 1.54) is 110 Å². The largest absolute Gasteiger partial charge is 0.0725 e. The first-order valence-electron chi connectivity index (χ1n) is 18.6. The van der Waals surface area contributed by atoms with E-state index in [0.29, 0.717) is 0 Å². The first-order chi connectivity index (χ1) is 26.3. The number of hydrogen-bond acceptors (Lipinski definition) is 0. The van der Waals surface area contributed by atoms with Gasteiger partial charge in [-0.25, -0.2) is 0 Å². The minimum Gasteiger partial charge on any atom is -0.0619 e. The van der Waals surface area contributed by atoms with E-state index in [-0.39, 0.29) is 5.41 Å². The van der Waals surface area contributed by atoms with Crippen LogP contribution < -0.4 is 0 Å². The van der Waals surface area contributed by atoms with Crippen molar-refractivity contribution in [2.45, 2.75) is 5.41 Å². The van der Waals surface area contributed by atoms with Crippen LogP contribution in [-0.2, 0) is 5.41 Å². The fourth-order valence-corrected chi connectivity index (χ4v) is 10.2. The average molecular weight is 669 g/mol. The predicted molar refractivity (Wildman–Crippen MR) is 224 cm³/mol. The van der Waals surface area contributed by atoms with Gasteiger partial charge in [0.25, 0.3) is 0 Å². The lowest BCUT2D eigenvalue weighted by Gasteiger charge is -2.30. The van der Waals surface area contributed by atoms with Crippen molar-refractivity contribution in [3.63, 3.8) is 0 Å². The molecule has 0 nitrogen and oxygen atoms in total. The fourth-order valence-electron chi connectivity index (χ4n) is 10.2. The second-order valence-electron chi connectivity index (χ2n) is 14.7. The highest BCUT2D eigenvalue weighted by Crippen LogP contribution is 2.63. The fraction of sp³-hybridized carbons (Fsp3) is 0.0189. The smallest absolute Gasteiger partial charge is 0.0619 e. The molecule has 2 aliphatic rings. The highest BCUT2D eigenvalue weighted by Gasteiger charge is 2.51. The van der Waals surface area contributed by atoms with Crippen molar-refractivity contribution >= 4 is 43.1 Å². The molecule has 244 valence electrons. The lowest BCUT2D eigenvalue weighted by molar-refractivity contribution is 0.794.